The van der Waals surface area contributed by atoms with Crippen molar-refractivity contribution in [2.45, 2.75) is 70.0 Å². The van der Waals surface area contributed by atoms with Crippen LogP contribution >= 0.6 is 0 Å². The lowest BCUT2D eigenvalue weighted by Crippen LogP contribution is -2.49. The molecule has 1 heterocycles. The summed E-state index contributed by atoms with van der Waals surface area (Å²) in [6, 6.07) is 0. The van der Waals surface area contributed by atoms with Gasteiger partial charge in [0.2, 0.25) is 10.0 Å². The van der Waals surface area contributed by atoms with Crippen LogP contribution in [0.3, 0.4) is 0 Å². The van der Waals surface area contributed by atoms with E-state index >= 15 is 0 Å². The zero-order valence-electron chi connectivity index (χ0n) is 12.9. The van der Waals surface area contributed by atoms with Crippen molar-refractivity contribution in [1.29, 1.82) is 0 Å². The third-order valence-electron chi connectivity index (χ3n) is 5.20. The van der Waals surface area contributed by atoms with Crippen LogP contribution in [0, 0.1) is 5.41 Å². The minimum atomic E-state index is -3.24. The van der Waals surface area contributed by atoms with E-state index in [0.717, 1.165) is 38.5 Å². The third kappa shape index (κ3) is 3.42. The van der Waals surface area contributed by atoms with Gasteiger partial charge in [-0.15, -0.1) is 0 Å². The van der Waals surface area contributed by atoms with Crippen molar-refractivity contribution in [3.05, 3.63) is 0 Å². The molecular formula is C15H27NO4S. The van der Waals surface area contributed by atoms with E-state index in [0.29, 0.717) is 32.4 Å². The molecule has 2 fully saturated rings. The lowest BCUT2D eigenvalue weighted by Gasteiger charge is -2.39. The molecule has 0 spiro atoms. The number of rotatable bonds is 5. The number of aliphatic carboxylic acids is 1. The summed E-state index contributed by atoms with van der Waals surface area (Å²) >= 11 is 0. The summed E-state index contributed by atoms with van der Waals surface area (Å²) in [5.74, 6) is -0.765. The summed E-state index contributed by atoms with van der Waals surface area (Å²) in [7, 11) is -3.24. The van der Waals surface area contributed by atoms with Gasteiger partial charge in [0.1, 0.15) is 0 Å². The standard InChI is InChI=1S/C15H27NO4S/c1-2-8-15(14(17)18)9-11-16(12-10-15)21(19,20)13-6-4-3-5-7-13/h13H,2-12H2,1H3,(H,17,18). The summed E-state index contributed by atoms with van der Waals surface area (Å²) in [6.45, 7) is 2.71. The van der Waals surface area contributed by atoms with Crippen molar-refractivity contribution < 1.29 is 18.3 Å². The van der Waals surface area contributed by atoms with Gasteiger partial charge in [0.25, 0.3) is 0 Å². The molecule has 2 rings (SSSR count). The number of carboxylic acids is 1. The van der Waals surface area contributed by atoms with E-state index in [-0.39, 0.29) is 5.25 Å². The van der Waals surface area contributed by atoms with Crippen LogP contribution in [0.25, 0.3) is 0 Å². The van der Waals surface area contributed by atoms with Gasteiger partial charge in [-0.05, 0) is 32.1 Å². The second-order valence-electron chi connectivity index (χ2n) is 6.54. The molecule has 1 saturated carbocycles. The van der Waals surface area contributed by atoms with Crippen LogP contribution in [-0.2, 0) is 14.8 Å². The molecule has 0 amide bonds. The van der Waals surface area contributed by atoms with E-state index in [2.05, 4.69) is 0 Å². The first kappa shape index (κ1) is 16.7. The zero-order chi connectivity index (χ0) is 15.5. The van der Waals surface area contributed by atoms with Crippen molar-refractivity contribution in [2.75, 3.05) is 13.1 Å². The average molecular weight is 317 g/mol. The normalized spacial score (nSPS) is 24.8. The highest BCUT2D eigenvalue weighted by molar-refractivity contribution is 7.89. The molecule has 2 aliphatic rings. The van der Waals surface area contributed by atoms with Gasteiger partial charge in [-0.25, -0.2) is 12.7 Å². The second kappa shape index (κ2) is 6.65. The predicted molar refractivity (Wildman–Crippen MR) is 81.6 cm³/mol. The fourth-order valence-electron chi connectivity index (χ4n) is 3.79. The van der Waals surface area contributed by atoms with E-state index in [9.17, 15) is 18.3 Å². The predicted octanol–water partition coefficient (Wildman–Crippen LogP) is 2.62. The van der Waals surface area contributed by atoms with Gasteiger partial charge in [-0.1, -0.05) is 32.6 Å². The smallest absolute Gasteiger partial charge is 0.309 e. The van der Waals surface area contributed by atoms with E-state index in [1.54, 1.807) is 4.31 Å². The average Bonchev–Trinajstić information content (AvgIpc) is 2.49. The minimum Gasteiger partial charge on any atom is -0.481 e. The first-order chi connectivity index (χ1) is 9.92. The van der Waals surface area contributed by atoms with Gasteiger partial charge < -0.3 is 5.11 Å². The Morgan fingerprint density at radius 2 is 1.76 bits per heavy atom. The van der Waals surface area contributed by atoms with E-state index in [1.807, 2.05) is 6.92 Å². The van der Waals surface area contributed by atoms with Crippen LogP contribution in [0.15, 0.2) is 0 Å². The first-order valence-corrected chi connectivity index (χ1v) is 9.65. The molecule has 0 radical (unpaired) electrons. The molecule has 0 unspecified atom stereocenters. The quantitative estimate of drug-likeness (QED) is 0.846. The number of hydrogen-bond acceptors (Lipinski definition) is 3. The Morgan fingerprint density at radius 3 is 2.24 bits per heavy atom. The van der Waals surface area contributed by atoms with Crippen LogP contribution in [0.2, 0.25) is 0 Å². The Kier molecular flexibility index (Phi) is 5.30. The number of hydrogen-bond donors (Lipinski definition) is 1. The summed E-state index contributed by atoms with van der Waals surface area (Å²) in [6.07, 6.45) is 6.99. The lowest BCUT2D eigenvalue weighted by molar-refractivity contribution is -0.152. The molecule has 0 bridgehead atoms. The molecule has 1 aliphatic carbocycles. The summed E-state index contributed by atoms with van der Waals surface area (Å²) in [4.78, 5) is 11.6. The molecule has 5 nitrogen and oxygen atoms in total. The molecule has 122 valence electrons. The zero-order valence-corrected chi connectivity index (χ0v) is 13.7. The van der Waals surface area contributed by atoms with Crippen molar-refractivity contribution >= 4 is 16.0 Å². The van der Waals surface area contributed by atoms with Crippen molar-refractivity contribution in [2.24, 2.45) is 5.41 Å². The molecule has 0 aromatic carbocycles. The fraction of sp³-hybridized carbons (Fsp3) is 0.933. The van der Waals surface area contributed by atoms with Crippen molar-refractivity contribution in [3.8, 4) is 0 Å². The van der Waals surface area contributed by atoms with Gasteiger partial charge >= 0.3 is 5.97 Å². The highest BCUT2D eigenvalue weighted by Crippen LogP contribution is 2.38. The number of carbonyl (C=O) groups is 1. The third-order valence-corrected chi connectivity index (χ3v) is 7.59. The van der Waals surface area contributed by atoms with Crippen LogP contribution in [0.5, 0.6) is 0 Å². The Bertz CT molecular complexity index is 460. The Hall–Kier alpha value is -0.620. The van der Waals surface area contributed by atoms with Gasteiger partial charge in [-0.2, -0.15) is 0 Å². The molecule has 1 aliphatic heterocycles. The maximum Gasteiger partial charge on any atom is 0.309 e. The van der Waals surface area contributed by atoms with E-state index in [1.165, 1.54) is 0 Å². The number of nitrogens with zero attached hydrogens (tertiary/aromatic N) is 1. The van der Waals surface area contributed by atoms with Crippen LogP contribution in [-0.4, -0.2) is 42.1 Å². The van der Waals surface area contributed by atoms with Gasteiger partial charge in [0, 0.05) is 13.1 Å². The maximum atomic E-state index is 12.7. The molecule has 6 heteroatoms. The number of sulfonamides is 1. The highest BCUT2D eigenvalue weighted by Gasteiger charge is 2.44. The highest BCUT2D eigenvalue weighted by atomic mass is 32.2. The Balaban J connectivity index is 2.04. The Labute approximate surface area is 127 Å². The van der Waals surface area contributed by atoms with Crippen LogP contribution in [0.1, 0.15) is 64.7 Å². The van der Waals surface area contributed by atoms with Crippen molar-refractivity contribution in [1.82, 2.24) is 4.31 Å². The molecule has 21 heavy (non-hydrogen) atoms. The van der Waals surface area contributed by atoms with Crippen LogP contribution < -0.4 is 0 Å². The fourth-order valence-corrected chi connectivity index (χ4v) is 5.83. The largest absolute Gasteiger partial charge is 0.481 e. The summed E-state index contributed by atoms with van der Waals surface area (Å²) in [5.41, 5.74) is -0.715. The number of carboxylic acid groups (broad SMARTS) is 1. The minimum absolute atomic E-state index is 0.241. The summed E-state index contributed by atoms with van der Waals surface area (Å²) < 4.78 is 26.9. The monoisotopic (exact) mass is 317 g/mol. The lowest BCUT2D eigenvalue weighted by atomic mass is 9.75. The summed E-state index contributed by atoms with van der Waals surface area (Å²) in [5, 5.41) is 9.25. The Morgan fingerprint density at radius 1 is 1.19 bits per heavy atom. The van der Waals surface area contributed by atoms with Gasteiger partial charge in [-0.3, -0.25) is 4.79 Å². The van der Waals surface area contributed by atoms with E-state index in [4.69, 9.17) is 0 Å². The molecular weight excluding hydrogens is 290 g/mol. The topological polar surface area (TPSA) is 74.7 Å². The van der Waals surface area contributed by atoms with Crippen molar-refractivity contribution in [3.63, 3.8) is 0 Å². The number of piperidine rings is 1. The van der Waals surface area contributed by atoms with Gasteiger partial charge in [0.15, 0.2) is 0 Å². The van der Waals surface area contributed by atoms with Gasteiger partial charge in [0.05, 0.1) is 10.7 Å². The first-order valence-electron chi connectivity index (χ1n) is 8.15. The molecule has 0 atom stereocenters. The second-order valence-corrected chi connectivity index (χ2v) is 8.75. The van der Waals surface area contributed by atoms with E-state index < -0.39 is 21.4 Å². The maximum absolute atomic E-state index is 12.7. The van der Waals surface area contributed by atoms with Crippen LogP contribution in [0.4, 0.5) is 0 Å². The molecule has 0 aromatic rings. The molecule has 1 N–H and O–H groups in total. The SMILES string of the molecule is CCCC1(C(=O)O)CCN(S(=O)(=O)C2CCCCC2)CC1. The molecule has 0 aromatic heterocycles. The molecule has 1 saturated heterocycles.